The third-order valence-corrected chi connectivity index (χ3v) is 3.34. The lowest BCUT2D eigenvalue weighted by Gasteiger charge is -2.32. The standard InChI is InChI=1S/C14H22N2O/c1-2-8-16-9-6-12(7-10-16)15-13-4-3-5-14(17)11-13/h3-5,11-12,15,17H,2,6-10H2,1H3. The molecule has 0 aliphatic carbocycles. The normalized spacial score (nSPS) is 18.2. The number of benzene rings is 1. The van der Waals surface area contributed by atoms with Gasteiger partial charge in [0.15, 0.2) is 0 Å². The van der Waals surface area contributed by atoms with Gasteiger partial charge in [-0.25, -0.2) is 0 Å². The molecule has 2 N–H and O–H groups in total. The van der Waals surface area contributed by atoms with Crippen molar-refractivity contribution in [3.8, 4) is 5.75 Å². The number of nitrogens with one attached hydrogen (secondary N) is 1. The summed E-state index contributed by atoms with van der Waals surface area (Å²) in [6.45, 7) is 5.82. The predicted molar refractivity (Wildman–Crippen MR) is 71.5 cm³/mol. The molecule has 94 valence electrons. The number of aromatic hydroxyl groups is 1. The van der Waals surface area contributed by atoms with Crippen molar-refractivity contribution in [2.24, 2.45) is 0 Å². The lowest BCUT2D eigenvalue weighted by molar-refractivity contribution is 0.219. The maximum atomic E-state index is 9.41. The van der Waals surface area contributed by atoms with Crippen LogP contribution in [0.2, 0.25) is 0 Å². The van der Waals surface area contributed by atoms with E-state index in [1.807, 2.05) is 12.1 Å². The molecule has 0 saturated carbocycles. The lowest BCUT2D eigenvalue weighted by Crippen LogP contribution is -2.39. The molecule has 0 aromatic heterocycles. The van der Waals surface area contributed by atoms with Crippen LogP contribution in [0.15, 0.2) is 24.3 Å². The zero-order valence-corrected chi connectivity index (χ0v) is 10.5. The van der Waals surface area contributed by atoms with E-state index in [1.54, 1.807) is 12.1 Å². The average molecular weight is 234 g/mol. The number of anilines is 1. The Kier molecular flexibility index (Phi) is 4.26. The largest absolute Gasteiger partial charge is 0.508 e. The van der Waals surface area contributed by atoms with Crippen molar-refractivity contribution in [3.05, 3.63) is 24.3 Å². The van der Waals surface area contributed by atoms with Gasteiger partial charge >= 0.3 is 0 Å². The van der Waals surface area contributed by atoms with Crippen molar-refractivity contribution < 1.29 is 5.11 Å². The summed E-state index contributed by atoms with van der Waals surface area (Å²) in [5, 5.41) is 12.9. The lowest BCUT2D eigenvalue weighted by atomic mass is 10.0. The first kappa shape index (κ1) is 12.2. The highest BCUT2D eigenvalue weighted by atomic mass is 16.3. The molecule has 0 amide bonds. The minimum absolute atomic E-state index is 0.332. The second-order valence-electron chi connectivity index (χ2n) is 4.81. The Labute approximate surface area is 103 Å². The van der Waals surface area contributed by atoms with Crippen molar-refractivity contribution in [2.75, 3.05) is 25.0 Å². The summed E-state index contributed by atoms with van der Waals surface area (Å²) in [5.74, 6) is 0.332. The summed E-state index contributed by atoms with van der Waals surface area (Å²) in [6.07, 6.45) is 3.62. The smallest absolute Gasteiger partial charge is 0.117 e. The van der Waals surface area contributed by atoms with E-state index in [-0.39, 0.29) is 0 Å². The van der Waals surface area contributed by atoms with Gasteiger partial charge in [0.05, 0.1) is 0 Å². The molecular weight excluding hydrogens is 212 g/mol. The molecule has 1 fully saturated rings. The molecule has 1 aliphatic rings. The number of nitrogens with zero attached hydrogens (tertiary/aromatic N) is 1. The highest BCUT2D eigenvalue weighted by Gasteiger charge is 2.18. The van der Waals surface area contributed by atoms with Gasteiger partial charge in [0, 0.05) is 30.9 Å². The monoisotopic (exact) mass is 234 g/mol. The quantitative estimate of drug-likeness (QED) is 0.840. The van der Waals surface area contributed by atoms with Crippen LogP contribution in [0.5, 0.6) is 5.75 Å². The summed E-state index contributed by atoms with van der Waals surface area (Å²) in [7, 11) is 0. The number of hydrogen-bond donors (Lipinski definition) is 2. The molecule has 3 heteroatoms. The number of likely N-dealkylation sites (tertiary alicyclic amines) is 1. The van der Waals surface area contributed by atoms with E-state index in [9.17, 15) is 5.11 Å². The summed E-state index contributed by atoms with van der Waals surface area (Å²) >= 11 is 0. The molecule has 1 aromatic rings. The van der Waals surface area contributed by atoms with Gasteiger partial charge in [0.2, 0.25) is 0 Å². The molecule has 0 atom stereocenters. The fraction of sp³-hybridized carbons (Fsp3) is 0.571. The average Bonchev–Trinajstić information content (AvgIpc) is 2.32. The van der Waals surface area contributed by atoms with E-state index in [0.717, 1.165) is 5.69 Å². The van der Waals surface area contributed by atoms with Gasteiger partial charge in [0.25, 0.3) is 0 Å². The van der Waals surface area contributed by atoms with Gasteiger partial charge < -0.3 is 15.3 Å². The van der Waals surface area contributed by atoms with Crippen molar-refractivity contribution in [2.45, 2.75) is 32.2 Å². The maximum absolute atomic E-state index is 9.41. The Balaban J connectivity index is 1.82. The van der Waals surface area contributed by atoms with Gasteiger partial charge in [0.1, 0.15) is 5.75 Å². The highest BCUT2D eigenvalue weighted by molar-refractivity contribution is 5.48. The van der Waals surface area contributed by atoms with Gasteiger partial charge in [-0.05, 0) is 37.9 Å². The molecule has 1 heterocycles. The molecule has 0 unspecified atom stereocenters. The fourth-order valence-electron chi connectivity index (χ4n) is 2.45. The van der Waals surface area contributed by atoms with E-state index in [4.69, 9.17) is 0 Å². The Bertz CT molecular complexity index is 346. The van der Waals surface area contributed by atoms with Crippen LogP contribution in [-0.2, 0) is 0 Å². The first-order chi connectivity index (χ1) is 8.28. The van der Waals surface area contributed by atoms with Crippen LogP contribution in [0, 0.1) is 0 Å². The summed E-state index contributed by atoms with van der Waals surface area (Å²) < 4.78 is 0. The van der Waals surface area contributed by atoms with E-state index in [0.29, 0.717) is 11.8 Å². The van der Waals surface area contributed by atoms with E-state index < -0.39 is 0 Å². The van der Waals surface area contributed by atoms with Crippen LogP contribution in [0.3, 0.4) is 0 Å². The van der Waals surface area contributed by atoms with E-state index in [2.05, 4.69) is 17.1 Å². The molecule has 2 rings (SSSR count). The number of hydrogen-bond acceptors (Lipinski definition) is 3. The number of phenolic OH excluding ortho intramolecular Hbond substituents is 1. The minimum atomic E-state index is 0.332. The van der Waals surface area contributed by atoms with Crippen LogP contribution in [0.1, 0.15) is 26.2 Å². The number of rotatable bonds is 4. The van der Waals surface area contributed by atoms with Crippen molar-refractivity contribution >= 4 is 5.69 Å². The van der Waals surface area contributed by atoms with E-state index in [1.165, 1.54) is 38.9 Å². The molecule has 0 spiro atoms. The first-order valence-electron chi connectivity index (χ1n) is 6.56. The molecule has 17 heavy (non-hydrogen) atoms. The third kappa shape index (κ3) is 3.63. The van der Waals surface area contributed by atoms with Crippen molar-refractivity contribution in [1.29, 1.82) is 0 Å². The fourth-order valence-corrected chi connectivity index (χ4v) is 2.45. The predicted octanol–water partition coefficient (Wildman–Crippen LogP) is 2.68. The molecule has 1 saturated heterocycles. The molecule has 0 radical (unpaired) electrons. The number of piperidine rings is 1. The van der Waals surface area contributed by atoms with Crippen molar-refractivity contribution in [3.63, 3.8) is 0 Å². The second-order valence-corrected chi connectivity index (χ2v) is 4.81. The maximum Gasteiger partial charge on any atom is 0.117 e. The molecule has 1 aromatic carbocycles. The van der Waals surface area contributed by atoms with Crippen LogP contribution >= 0.6 is 0 Å². The van der Waals surface area contributed by atoms with Gasteiger partial charge in [-0.15, -0.1) is 0 Å². The molecule has 3 nitrogen and oxygen atoms in total. The minimum Gasteiger partial charge on any atom is -0.508 e. The van der Waals surface area contributed by atoms with Crippen LogP contribution in [-0.4, -0.2) is 35.7 Å². The summed E-state index contributed by atoms with van der Waals surface area (Å²) in [5.41, 5.74) is 1.03. The Morgan fingerprint density at radius 2 is 2.12 bits per heavy atom. The summed E-state index contributed by atoms with van der Waals surface area (Å²) in [6, 6.07) is 7.93. The molecular formula is C14H22N2O. The second kappa shape index (κ2) is 5.92. The highest BCUT2D eigenvalue weighted by Crippen LogP contribution is 2.20. The zero-order chi connectivity index (χ0) is 12.1. The first-order valence-corrected chi connectivity index (χ1v) is 6.56. The molecule has 0 bridgehead atoms. The SMILES string of the molecule is CCCN1CCC(Nc2cccc(O)c2)CC1. The third-order valence-electron chi connectivity index (χ3n) is 3.34. The van der Waals surface area contributed by atoms with Gasteiger partial charge in [-0.3, -0.25) is 0 Å². The molecule has 1 aliphatic heterocycles. The number of phenols is 1. The summed E-state index contributed by atoms with van der Waals surface area (Å²) in [4.78, 5) is 2.53. The van der Waals surface area contributed by atoms with E-state index >= 15 is 0 Å². The Morgan fingerprint density at radius 3 is 2.76 bits per heavy atom. The van der Waals surface area contributed by atoms with Crippen LogP contribution in [0.25, 0.3) is 0 Å². The van der Waals surface area contributed by atoms with Gasteiger partial charge in [-0.1, -0.05) is 13.0 Å². The van der Waals surface area contributed by atoms with Crippen LogP contribution < -0.4 is 5.32 Å². The Hall–Kier alpha value is -1.22. The topological polar surface area (TPSA) is 35.5 Å². The Morgan fingerprint density at radius 1 is 1.35 bits per heavy atom. The van der Waals surface area contributed by atoms with Gasteiger partial charge in [-0.2, -0.15) is 0 Å². The zero-order valence-electron chi connectivity index (χ0n) is 10.5. The van der Waals surface area contributed by atoms with Crippen molar-refractivity contribution in [1.82, 2.24) is 4.90 Å². The van der Waals surface area contributed by atoms with Crippen LogP contribution in [0.4, 0.5) is 5.69 Å².